The topological polar surface area (TPSA) is 9.86 Å². The molecule has 0 saturated heterocycles. The van der Waals surface area contributed by atoms with Crippen LogP contribution in [-0.2, 0) is 0 Å². The summed E-state index contributed by atoms with van der Waals surface area (Å²) in [5.74, 6) is 0. The van der Waals surface area contributed by atoms with Gasteiger partial charge in [-0.1, -0.05) is 109 Å². The number of fused-ring (bicyclic) bond motifs is 9. The molecular weight excluding hydrogens is 649 g/mol. The van der Waals surface area contributed by atoms with Gasteiger partial charge in [-0.2, -0.15) is 0 Å². The Morgan fingerprint density at radius 1 is 0.365 bits per heavy atom. The maximum atomic E-state index is 2.45. The third-order valence-corrected chi connectivity index (χ3v) is 11.9. The van der Waals surface area contributed by atoms with Gasteiger partial charge in [-0.25, -0.2) is 0 Å². The molecule has 11 aromatic rings. The van der Waals surface area contributed by atoms with Crippen LogP contribution in [0.5, 0.6) is 0 Å². The number of para-hydroxylation sites is 3. The van der Waals surface area contributed by atoms with Crippen molar-refractivity contribution in [2.24, 2.45) is 0 Å². The van der Waals surface area contributed by atoms with Crippen molar-refractivity contribution in [3.05, 3.63) is 181 Å². The molecule has 0 aliphatic rings. The van der Waals surface area contributed by atoms with Crippen LogP contribution in [0.2, 0.25) is 0 Å². The van der Waals surface area contributed by atoms with Crippen molar-refractivity contribution in [2.75, 3.05) is 0 Å². The summed E-state index contributed by atoms with van der Waals surface area (Å²) in [6, 6.07) is 64.7. The number of aromatic nitrogens is 2. The van der Waals surface area contributed by atoms with Gasteiger partial charge < -0.3 is 9.13 Å². The highest BCUT2D eigenvalue weighted by Crippen LogP contribution is 2.42. The second-order valence-corrected chi connectivity index (χ2v) is 14.9. The summed E-state index contributed by atoms with van der Waals surface area (Å²) in [5.41, 5.74) is 13.4. The fourth-order valence-corrected chi connectivity index (χ4v) is 9.70. The fourth-order valence-electron chi connectivity index (χ4n) is 8.46. The molecule has 0 unspecified atom stereocenters. The predicted molar refractivity (Wildman–Crippen MR) is 224 cm³/mol. The molecule has 3 heterocycles. The van der Waals surface area contributed by atoms with Gasteiger partial charge in [0.25, 0.3) is 0 Å². The van der Waals surface area contributed by atoms with Gasteiger partial charge in [0, 0.05) is 53.1 Å². The van der Waals surface area contributed by atoms with Crippen LogP contribution in [0.1, 0.15) is 5.56 Å². The van der Waals surface area contributed by atoms with Crippen LogP contribution in [0.3, 0.4) is 0 Å². The zero-order valence-electron chi connectivity index (χ0n) is 28.5. The quantitative estimate of drug-likeness (QED) is 0.175. The molecule has 0 aliphatic carbocycles. The maximum Gasteiger partial charge on any atom is 0.0541 e. The van der Waals surface area contributed by atoms with Crippen LogP contribution in [0, 0.1) is 6.92 Å². The van der Waals surface area contributed by atoms with Gasteiger partial charge in [-0.05, 0) is 101 Å². The third-order valence-electron chi connectivity index (χ3n) is 10.7. The normalized spacial score (nSPS) is 11.9. The molecule has 0 amide bonds. The Labute approximate surface area is 305 Å². The van der Waals surface area contributed by atoms with Crippen molar-refractivity contribution in [3.63, 3.8) is 0 Å². The SMILES string of the molecule is Cc1cc(-c2cccc3c2sc2ccccc23)cc(-n2c3ccccc3c3cc(-c4ccc5c(c4)c4ccccc4n5-c4ccccc4)ccc32)c1. The zero-order valence-corrected chi connectivity index (χ0v) is 29.4. The number of hydrogen-bond donors (Lipinski definition) is 0. The summed E-state index contributed by atoms with van der Waals surface area (Å²) in [6.07, 6.45) is 0. The molecule has 52 heavy (non-hydrogen) atoms. The molecule has 244 valence electrons. The smallest absolute Gasteiger partial charge is 0.0541 e. The lowest BCUT2D eigenvalue weighted by Crippen LogP contribution is -1.96. The highest BCUT2D eigenvalue weighted by Gasteiger charge is 2.17. The van der Waals surface area contributed by atoms with E-state index in [1.165, 1.54) is 103 Å². The summed E-state index contributed by atoms with van der Waals surface area (Å²) in [6.45, 7) is 2.22. The maximum absolute atomic E-state index is 2.45. The Morgan fingerprint density at radius 3 is 1.62 bits per heavy atom. The molecule has 0 bridgehead atoms. The van der Waals surface area contributed by atoms with Crippen molar-refractivity contribution in [1.82, 2.24) is 9.13 Å². The zero-order chi connectivity index (χ0) is 34.3. The minimum Gasteiger partial charge on any atom is -0.309 e. The lowest BCUT2D eigenvalue weighted by molar-refractivity contribution is 1.17. The van der Waals surface area contributed by atoms with E-state index < -0.39 is 0 Å². The lowest BCUT2D eigenvalue weighted by Gasteiger charge is -2.13. The van der Waals surface area contributed by atoms with E-state index in [-0.39, 0.29) is 0 Å². The average Bonchev–Trinajstić information content (AvgIpc) is 3.85. The van der Waals surface area contributed by atoms with Gasteiger partial charge in [-0.15, -0.1) is 11.3 Å². The van der Waals surface area contributed by atoms with Gasteiger partial charge in [0.05, 0.1) is 22.1 Å². The second kappa shape index (κ2) is 11.3. The van der Waals surface area contributed by atoms with E-state index in [0.717, 1.165) is 0 Å². The van der Waals surface area contributed by atoms with E-state index in [1.54, 1.807) is 0 Å². The lowest BCUT2D eigenvalue weighted by atomic mass is 10.00. The molecule has 0 N–H and O–H groups in total. The largest absolute Gasteiger partial charge is 0.309 e. The molecule has 3 aromatic heterocycles. The van der Waals surface area contributed by atoms with Crippen molar-refractivity contribution in [2.45, 2.75) is 6.92 Å². The first kappa shape index (κ1) is 29.3. The Kier molecular flexibility index (Phi) is 6.37. The second-order valence-electron chi connectivity index (χ2n) is 13.8. The minimum atomic E-state index is 1.18. The number of aryl methyl sites for hydroxylation is 1. The fraction of sp³-hybridized carbons (Fsp3) is 0.0204. The molecule has 11 rings (SSSR count). The van der Waals surface area contributed by atoms with E-state index in [9.17, 15) is 0 Å². The van der Waals surface area contributed by atoms with Crippen LogP contribution < -0.4 is 0 Å². The van der Waals surface area contributed by atoms with Crippen molar-refractivity contribution < 1.29 is 0 Å². The van der Waals surface area contributed by atoms with Gasteiger partial charge >= 0.3 is 0 Å². The van der Waals surface area contributed by atoms with Crippen LogP contribution >= 0.6 is 11.3 Å². The molecule has 0 radical (unpaired) electrons. The molecule has 0 aliphatic heterocycles. The number of benzene rings is 8. The van der Waals surface area contributed by atoms with E-state index in [1.807, 2.05) is 11.3 Å². The number of thiophene rings is 1. The van der Waals surface area contributed by atoms with Crippen LogP contribution in [0.4, 0.5) is 0 Å². The molecule has 0 spiro atoms. The van der Waals surface area contributed by atoms with Gasteiger partial charge in [0.15, 0.2) is 0 Å². The standard InChI is InChI=1S/C49H32N2S/c1-31-26-34(37-17-11-18-41-40-16-7-10-21-48(40)52-49(37)41)28-36(27-31)51-45-20-9-6-15-39(45)43-30-33(23-25-47(43)51)32-22-24-46-42(29-32)38-14-5-8-19-44(38)50(46)35-12-3-2-4-13-35/h2-30H,1H3. The van der Waals surface area contributed by atoms with E-state index in [4.69, 9.17) is 0 Å². The van der Waals surface area contributed by atoms with Crippen LogP contribution in [0.15, 0.2) is 176 Å². The molecule has 0 fully saturated rings. The molecule has 0 saturated carbocycles. The summed E-state index contributed by atoms with van der Waals surface area (Å²) in [5, 5.41) is 7.71. The van der Waals surface area contributed by atoms with Gasteiger partial charge in [-0.3, -0.25) is 0 Å². The van der Waals surface area contributed by atoms with Crippen molar-refractivity contribution >= 4 is 75.1 Å². The van der Waals surface area contributed by atoms with Crippen molar-refractivity contribution in [3.8, 4) is 33.6 Å². The summed E-state index contributed by atoms with van der Waals surface area (Å²) in [7, 11) is 0. The number of nitrogens with zero attached hydrogens (tertiary/aromatic N) is 2. The minimum absolute atomic E-state index is 1.18. The molecule has 3 heteroatoms. The third kappa shape index (κ3) is 4.36. The Bertz CT molecular complexity index is 3190. The first-order chi connectivity index (χ1) is 25.7. The first-order valence-corrected chi connectivity index (χ1v) is 18.7. The summed E-state index contributed by atoms with van der Waals surface area (Å²) < 4.78 is 7.50. The van der Waals surface area contributed by atoms with E-state index >= 15 is 0 Å². The van der Waals surface area contributed by atoms with Crippen LogP contribution in [-0.4, -0.2) is 9.13 Å². The van der Waals surface area contributed by atoms with Gasteiger partial charge in [0.2, 0.25) is 0 Å². The predicted octanol–water partition coefficient (Wildman–Crippen LogP) is 13.9. The highest BCUT2D eigenvalue weighted by molar-refractivity contribution is 7.26. The average molecular weight is 681 g/mol. The number of rotatable bonds is 4. The Hall–Kier alpha value is -6.42. The molecule has 0 atom stereocenters. The Morgan fingerprint density at radius 2 is 0.923 bits per heavy atom. The molecular formula is C49H32N2S. The van der Waals surface area contributed by atoms with Crippen molar-refractivity contribution in [1.29, 1.82) is 0 Å². The van der Waals surface area contributed by atoms with E-state index in [2.05, 4.69) is 192 Å². The van der Waals surface area contributed by atoms with E-state index in [0.29, 0.717) is 0 Å². The van der Waals surface area contributed by atoms with Crippen LogP contribution in [0.25, 0.3) is 97.4 Å². The number of hydrogen-bond acceptors (Lipinski definition) is 1. The summed E-state index contributed by atoms with van der Waals surface area (Å²) >= 11 is 1.89. The first-order valence-electron chi connectivity index (χ1n) is 17.8. The molecule has 2 nitrogen and oxygen atoms in total. The Balaban J connectivity index is 1.08. The highest BCUT2D eigenvalue weighted by atomic mass is 32.1. The summed E-state index contributed by atoms with van der Waals surface area (Å²) in [4.78, 5) is 0. The monoisotopic (exact) mass is 680 g/mol. The van der Waals surface area contributed by atoms with Gasteiger partial charge in [0.1, 0.15) is 0 Å². The molecule has 8 aromatic carbocycles.